The summed E-state index contributed by atoms with van der Waals surface area (Å²) in [5.74, 6) is 0.0497. The minimum atomic E-state index is -0.590. The highest BCUT2D eigenvalue weighted by atomic mass is 32.2. The molecule has 0 radical (unpaired) electrons. The summed E-state index contributed by atoms with van der Waals surface area (Å²) in [5.41, 5.74) is 1.35. The van der Waals surface area contributed by atoms with Gasteiger partial charge in [0.2, 0.25) is 5.91 Å². The van der Waals surface area contributed by atoms with E-state index in [0.29, 0.717) is 29.5 Å². The molecule has 1 amide bonds. The molecule has 0 aliphatic carbocycles. The highest BCUT2D eigenvalue weighted by molar-refractivity contribution is 7.99. The van der Waals surface area contributed by atoms with Gasteiger partial charge in [-0.25, -0.2) is 4.39 Å². The molecule has 0 saturated carbocycles. The summed E-state index contributed by atoms with van der Waals surface area (Å²) in [5, 5.41) is 11.7. The van der Waals surface area contributed by atoms with Crippen LogP contribution in [0.2, 0.25) is 0 Å². The van der Waals surface area contributed by atoms with Crippen molar-refractivity contribution in [3.05, 3.63) is 66.0 Å². The van der Waals surface area contributed by atoms with E-state index in [1.165, 1.54) is 24.8 Å². The van der Waals surface area contributed by atoms with Gasteiger partial charge in [-0.1, -0.05) is 68.1 Å². The van der Waals surface area contributed by atoms with Gasteiger partial charge in [0, 0.05) is 6.54 Å². The predicted molar refractivity (Wildman–Crippen MR) is 124 cm³/mol. The fraction of sp³-hybridized carbons (Fsp3) is 0.333. The molecule has 8 heteroatoms. The number of benzene rings is 2. The van der Waals surface area contributed by atoms with Crippen molar-refractivity contribution < 1.29 is 14.0 Å². The third-order valence-corrected chi connectivity index (χ3v) is 5.79. The largest absolute Gasteiger partial charge is 0.345 e. The molecular weight excluding hydrogens is 427 g/mol. The molecule has 168 valence electrons. The molecule has 1 atom stereocenters. The van der Waals surface area contributed by atoms with Crippen LogP contribution >= 0.6 is 11.8 Å². The first-order valence-electron chi connectivity index (χ1n) is 10.5. The number of rotatable bonds is 10. The molecular formula is C24H27FN4O2S. The number of thioether (sulfide) groups is 1. The number of Topliss-reactive ketones (excluding diaryl/α,β-unsaturated/α-hetero) is 1. The maximum absolute atomic E-state index is 14.3. The summed E-state index contributed by atoms with van der Waals surface area (Å²) in [6.07, 6.45) is 0.438. The van der Waals surface area contributed by atoms with Crippen molar-refractivity contribution in [3.8, 4) is 11.4 Å². The molecule has 2 aromatic carbocycles. The minimum Gasteiger partial charge on any atom is -0.345 e. The smallest absolute Gasteiger partial charge is 0.231 e. The SMILES string of the molecule is CC(=O)C(Cc1ccccc1)NC(=O)CSc1nnc(-c2ccccc2F)n1CC(C)C. The van der Waals surface area contributed by atoms with Crippen LogP contribution in [0.15, 0.2) is 59.8 Å². The molecule has 6 nitrogen and oxygen atoms in total. The number of aromatic nitrogens is 3. The summed E-state index contributed by atoms with van der Waals surface area (Å²) in [4.78, 5) is 24.6. The number of carbonyl (C=O) groups excluding carboxylic acids is 2. The Morgan fingerprint density at radius 1 is 1.06 bits per heavy atom. The second-order valence-electron chi connectivity index (χ2n) is 8.00. The summed E-state index contributed by atoms with van der Waals surface area (Å²) in [7, 11) is 0. The molecule has 1 unspecified atom stereocenters. The average molecular weight is 455 g/mol. The Balaban J connectivity index is 1.71. The lowest BCUT2D eigenvalue weighted by Crippen LogP contribution is -2.42. The third-order valence-electron chi connectivity index (χ3n) is 4.82. The molecule has 0 aliphatic rings. The molecule has 3 rings (SSSR count). The number of nitrogens with zero attached hydrogens (tertiary/aromatic N) is 3. The quantitative estimate of drug-likeness (QED) is 0.466. The van der Waals surface area contributed by atoms with Crippen LogP contribution in [0.5, 0.6) is 0 Å². The lowest BCUT2D eigenvalue weighted by atomic mass is 10.0. The number of amides is 1. The van der Waals surface area contributed by atoms with Crippen molar-refractivity contribution in [2.24, 2.45) is 5.92 Å². The van der Waals surface area contributed by atoms with Crippen LogP contribution in [-0.4, -0.2) is 38.2 Å². The zero-order valence-corrected chi connectivity index (χ0v) is 19.2. The fourth-order valence-electron chi connectivity index (χ4n) is 3.28. The fourth-order valence-corrected chi connectivity index (χ4v) is 4.04. The van der Waals surface area contributed by atoms with Crippen LogP contribution in [-0.2, 0) is 22.6 Å². The second-order valence-corrected chi connectivity index (χ2v) is 8.94. The zero-order valence-electron chi connectivity index (χ0n) is 18.4. The predicted octanol–water partition coefficient (Wildman–Crippen LogP) is 4.15. The first-order chi connectivity index (χ1) is 15.3. The van der Waals surface area contributed by atoms with Crippen LogP contribution in [0.1, 0.15) is 26.3 Å². The maximum atomic E-state index is 14.3. The van der Waals surface area contributed by atoms with E-state index in [2.05, 4.69) is 15.5 Å². The van der Waals surface area contributed by atoms with E-state index in [1.54, 1.807) is 18.2 Å². The number of nitrogens with one attached hydrogen (secondary N) is 1. The van der Waals surface area contributed by atoms with Crippen LogP contribution in [0.25, 0.3) is 11.4 Å². The lowest BCUT2D eigenvalue weighted by molar-refractivity contribution is -0.125. The van der Waals surface area contributed by atoms with Gasteiger partial charge in [-0.15, -0.1) is 10.2 Å². The number of carbonyl (C=O) groups is 2. The van der Waals surface area contributed by atoms with E-state index >= 15 is 0 Å². The Bertz CT molecular complexity index is 1070. The van der Waals surface area contributed by atoms with Crippen molar-refractivity contribution >= 4 is 23.5 Å². The van der Waals surface area contributed by atoms with Crippen LogP contribution < -0.4 is 5.32 Å². The first kappa shape index (κ1) is 23.7. The lowest BCUT2D eigenvalue weighted by Gasteiger charge is -2.16. The molecule has 0 saturated heterocycles. The molecule has 0 fully saturated rings. The van der Waals surface area contributed by atoms with Gasteiger partial charge in [-0.05, 0) is 37.0 Å². The Morgan fingerprint density at radius 3 is 2.41 bits per heavy atom. The number of hydrogen-bond donors (Lipinski definition) is 1. The molecule has 0 spiro atoms. The van der Waals surface area contributed by atoms with E-state index in [1.807, 2.05) is 48.7 Å². The van der Waals surface area contributed by atoms with Crippen molar-refractivity contribution in [2.75, 3.05) is 5.75 Å². The Kier molecular flexibility index (Phi) is 8.16. The van der Waals surface area contributed by atoms with E-state index in [4.69, 9.17) is 0 Å². The summed E-state index contributed by atoms with van der Waals surface area (Å²) < 4.78 is 16.2. The highest BCUT2D eigenvalue weighted by Crippen LogP contribution is 2.26. The number of hydrogen-bond acceptors (Lipinski definition) is 5. The second kappa shape index (κ2) is 11.0. The molecule has 3 aromatic rings. The maximum Gasteiger partial charge on any atom is 0.231 e. The van der Waals surface area contributed by atoms with Crippen molar-refractivity contribution in [2.45, 2.75) is 44.9 Å². The molecule has 1 heterocycles. The van der Waals surface area contributed by atoms with Gasteiger partial charge >= 0.3 is 0 Å². The van der Waals surface area contributed by atoms with Gasteiger partial charge in [-0.3, -0.25) is 9.59 Å². The van der Waals surface area contributed by atoms with Crippen molar-refractivity contribution in [1.82, 2.24) is 20.1 Å². The Morgan fingerprint density at radius 2 is 1.75 bits per heavy atom. The zero-order chi connectivity index (χ0) is 23.1. The van der Waals surface area contributed by atoms with Gasteiger partial charge in [0.15, 0.2) is 16.8 Å². The van der Waals surface area contributed by atoms with Crippen LogP contribution in [0, 0.1) is 11.7 Å². The molecule has 0 bridgehead atoms. The summed E-state index contributed by atoms with van der Waals surface area (Å²) >= 11 is 1.22. The number of ketones is 1. The average Bonchev–Trinajstić information content (AvgIpc) is 3.14. The molecule has 1 aromatic heterocycles. The van der Waals surface area contributed by atoms with Gasteiger partial charge in [0.25, 0.3) is 0 Å². The minimum absolute atomic E-state index is 0.0755. The third kappa shape index (κ3) is 6.26. The Hall–Kier alpha value is -3.00. The Labute approximate surface area is 191 Å². The monoisotopic (exact) mass is 454 g/mol. The van der Waals surface area contributed by atoms with Gasteiger partial charge < -0.3 is 9.88 Å². The van der Waals surface area contributed by atoms with Crippen LogP contribution in [0.3, 0.4) is 0 Å². The normalized spacial score (nSPS) is 12.0. The van der Waals surface area contributed by atoms with Crippen molar-refractivity contribution in [1.29, 1.82) is 0 Å². The molecule has 0 aliphatic heterocycles. The summed E-state index contributed by atoms with van der Waals surface area (Å²) in [6, 6.07) is 15.4. The topological polar surface area (TPSA) is 76.9 Å². The van der Waals surface area contributed by atoms with Crippen LogP contribution in [0.4, 0.5) is 4.39 Å². The van der Waals surface area contributed by atoms with Gasteiger partial charge in [-0.2, -0.15) is 0 Å². The number of halogens is 1. The van der Waals surface area contributed by atoms with E-state index in [9.17, 15) is 14.0 Å². The standard InChI is InChI=1S/C24H27FN4O2S/c1-16(2)14-29-23(19-11-7-8-12-20(19)25)27-28-24(29)32-15-22(31)26-21(17(3)30)13-18-9-5-4-6-10-18/h4-12,16,21H,13-15H2,1-3H3,(H,26,31). The van der Waals surface area contributed by atoms with E-state index < -0.39 is 6.04 Å². The molecule has 1 N–H and O–H groups in total. The first-order valence-corrected chi connectivity index (χ1v) is 11.5. The van der Waals surface area contributed by atoms with Gasteiger partial charge in [0.1, 0.15) is 5.82 Å². The van der Waals surface area contributed by atoms with E-state index in [0.717, 1.165) is 5.56 Å². The summed E-state index contributed by atoms with van der Waals surface area (Å²) in [6.45, 7) is 6.16. The highest BCUT2D eigenvalue weighted by Gasteiger charge is 2.21. The van der Waals surface area contributed by atoms with E-state index in [-0.39, 0.29) is 29.2 Å². The molecule has 32 heavy (non-hydrogen) atoms. The van der Waals surface area contributed by atoms with Gasteiger partial charge in [0.05, 0.1) is 17.4 Å². The van der Waals surface area contributed by atoms with Crippen molar-refractivity contribution in [3.63, 3.8) is 0 Å².